The van der Waals surface area contributed by atoms with Crippen LogP contribution in [0.25, 0.3) is 11.3 Å². The Kier molecular flexibility index (Phi) is 10.7. The third-order valence-corrected chi connectivity index (χ3v) is 8.41. The molecule has 234 valence electrons. The fourth-order valence-electron chi connectivity index (χ4n) is 4.88. The van der Waals surface area contributed by atoms with Gasteiger partial charge in [-0.3, -0.25) is 9.33 Å². The molecule has 1 aliphatic heterocycles. The monoisotopic (exact) mass is 644 g/mol. The Morgan fingerprint density at radius 2 is 1.68 bits per heavy atom. The summed E-state index contributed by atoms with van der Waals surface area (Å²) in [5, 5.41) is 3.08. The minimum Gasteiger partial charge on any atom is -0.494 e. The van der Waals surface area contributed by atoms with Gasteiger partial charge in [0.1, 0.15) is 11.4 Å². The summed E-state index contributed by atoms with van der Waals surface area (Å²) in [7, 11) is -4.61. The van der Waals surface area contributed by atoms with Crippen LogP contribution in [0.3, 0.4) is 0 Å². The molecule has 9 nitrogen and oxygen atoms in total. The van der Waals surface area contributed by atoms with Crippen LogP contribution < -0.4 is 14.8 Å². The van der Waals surface area contributed by atoms with Gasteiger partial charge < -0.3 is 14.8 Å². The van der Waals surface area contributed by atoms with Crippen LogP contribution in [0.2, 0.25) is 0 Å². The number of anilines is 2. The molecular weight excluding hydrogens is 610 g/mol. The first-order valence-electron chi connectivity index (χ1n) is 13.7. The molecule has 1 atom stereocenters. The van der Waals surface area contributed by atoms with Gasteiger partial charge in [-0.1, -0.05) is 23.8 Å². The number of nitrogens with zero attached hydrogens (tertiary/aromatic N) is 2. The predicted molar refractivity (Wildman–Crippen MR) is 168 cm³/mol. The van der Waals surface area contributed by atoms with Crippen molar-refractivity contribution in [2.24, 2.45) is 0 Å². The molecule has 0 fully saturated rings. The molecule has 0 spiro atoms. The van der Waals surface area contributed by atoms with Crippen molar-refractivity contribution in [2.75, 3.05) is 24.8 Å². The summed E-state index contributed by atoms with van der Waals surface area (Å²) < 4.78 is 79.3. The lowest BCUT2D eigenvalue weighted by molar-refractivity contribution is 0.260. The Morgan fingerprint density at radius 1 is 1.00 bits per heavy atom. The molecule has 44 heavy (non-hydrogen) atoms. The summed E-state index contributed by atoms with van der Waals surface area (Å²) in [5.41, 5.74) is 3.95. The lowest BCUT2D eigenvalue weighted by atomic mass is 10.1. The minimum absolute atomic E-state index is 0.0260. The maximum Gasteiger partial charge on any atom is 0.295 e. The van der Waals surface area contributed by atoms with E-state index in [0.717, 1.165) is 17.3 Å². The average Bonchev–Trinajstić information content (AvgIpc) is 2.91. The normalized spacial score (nSPS) is 13.8. The van der Waals surface area contributed by atoms with Crippen molar-refractivity contribution in [2.45, 2.75) is 44.3 Å². The number of ether oxygens (including phenoxy) is 2. The third-order valence-electron chi connectivity index (χ3n) is 6.49. The second kappa shape index (κ2) is 14.2. The number of para-hydroxylation sites is 1. The molecule has 0 aliphatic carbocycles. The largest absolute Gasteiger partial charge is 0.494 e. The predicted octanol–water partition coefficient (Wildman–Crippen LogP) is 7.09. The number of aryl methyl sites for hydroxylation is 3. The van der Waals surface area contributed by atoms with Crippen LogP contribution in [-0.2, 0) is 26.6 Å². The van der Waals surface area contributed by atoms with Gasteiger partial charge in [-0.2, -0.15) is 8.42 Å². The number of rotatable bonds is 3. The molecule has 1 unspecified atom stereocenters. The zero-order valence-corrected chi connectivity index (χ0v) is 26.4. The highest BCUT2D eigenvalue weighted by atomic mass is 32.2. The van der Waals surface area contributed by atoms with E-state index in [1.807, 2.05) is 31.4 Å². The van der Waals surface area contributed by atoms with Crippen LogP contribution in [0.15, 0.2) is 59.6 Å². The maximum absolute atomic E-state index is 14.6. The molecule has 1 aromatic heterocycles. The summed E-state index contributed by atoms with van der Waals surface area (Å²) in [5.74, 6) is 0.126. The zero-order chi connectivity index (χ0) is 32.0. The van der Waals surface area contributed by atoms with E-state index in [1.54, 1.807) is 32.0 Å². The molecule has 3 N–H and O–H groups in total. The smallest absolute Gasteiger partial charge is 0.295 e. The average molecular weight is 645 g/mol. The molecule has 0 radical (unpaired) electrons. The fourth-order valence-corrected chi connectivity index (χ4v) is 6.48. The van der Waals surface area contributed by atoms with E-state index in [0.29, 0.717) is 47.8 Å². The first kappa shape index (κ1) is 33.0. The number of fused-ring (bicyclic) bond motifs is 6. The standard InChI is InChI=1S/C22H22F2N4O2S.C9H12O3S/c1-31(25)13-14-9-15-11-16(10-14)29-7-2-3-8-30-21-17(5-4-6-18(21)23)20-19(24)12-26-22(27-15)28-20;1-6-4-7(2)9(8(3)5-6)13(10,11)12/h4-6,9-12,25H,2-3,7-8,13H2,1H3,(H,26,27,28);4-5H,1-3H3,(H,10,11,12). The number of hydrogen-bond donors (Lipinski definition) is 3. The van der Waals surface area contributed by atoms with Gasteiger partial charge in [0.15, 0.2) is 17.4 Å². The maximum atomic E-state index is 14.6. The Morgan fingerprint density at radius 3 is 2.34 bits per heavy atom. The minimum atomic E-state index is -4.08. The van der Waals surface area contributed by atoms with Crippen molar-refractivity contribution in [1.29, 1.82) is 4.78 Å². The van der Waals surface area contributed by atoms with Gasteiger partial charge in [0.2, 0.25) is 5.95 Å². The molecule has 0 amide bonds. The van der Waals surface area contributed by atoms with Gasteiger partial charge in [-0.15, -0.1) is 10.7 Å². The second-order valence-electron chi connectivity index (χ2n) is 10.4. The number of halogens is 2. The van der Waals surface area contributed by atoms with Crippen LogP contribution in [-0.4, -0.2) is 42.4 Å². The first-order chi connectivity index (χ1) is 20.8. The Bertz CT molecular complexity index is 1780. The highest BCUT2D eigenvalue weighted by Gasteiger charge is 2.19. The van der Waals surface area contributed by atoms with E-state index in [9.17, 15) is 17.2 Å². The Labute approximate surface area is 258 Å². The second-order valence-corrected chi connectivity index (χ2v) is 13.3. The quantitative estimate of drug-likeness (QED) is 0.201. The molecule has 0 saturated heterocycles. The summed E-state index contributed by atoms with van der Waals surface area (Å²) in [6, 6.07) is 13.4. The van der Waals surface area contributed by atoms with Crippen molar-refractivity contribution >= 4 is 32.4 Å². The van der Waals surface area contributed by atoms with E-state index in [4.69, 9.17) is 18.8 Å². The van der Waals surface area contributed by atoms with E-state index in [1.165, 1.54) is 12.1 Å². The van der Waals surface area contributed by atoms with Gasteiger partial charge in [-0.25, -0.2) is 18.7 Å². The van der Waals surface area contributed by atoms with Gasteiger partial charge in [-0.05, 0) is 80.8 Å². The highest BCUT2D eigenvalue weighted by Crippen LogP contribution is 2.34. The molecule has 0 saturated carbocycles. The van der Waals surface area contributed by atoms with Crippen LogP contribution >= 0.6 is 0 Å². The number of nitrogens with one attached hydrogen (secondary N) is 2. The van der Waals surface area contributed by atoms with Gasteiger partial charge >= 0.3 is 0 Å². The number of aromatic nitrogens is 2. The zero-order valence-electron chi connectivity index (χ0n) is 24.8. The molecule has 1 aliphatic rings. The molecular formula is C31H34F2N4O5S2. The van der Waals surface area contributed by atoms with Crippen LogP contribution in [0.4, 0.5) is 20.4 Å². The van der Waals surface area contributed by atoms with Crippen LogP contribution in [0, 0.1) is 37.2 Å². The Balaban J connectivity index is 0.000000285. The summed E-state index contributed by atoms with van der Waals surface area (Å²) in [4.78, 5) is 8.34. The van der Waals surface area contributed by atoms with Crippen molar-refractivity contribution in [3.63, 3.8) is 0 Å². The van der Waals surface area contributed by atoms with E-state index < -0.39 is 32.4 Å². The highest BCUT2D eigenvalue weighted by molar-refractivity contribution is 7.86. The summed E-state index contributed by atoms with van der Waals surface area (Å²) >= 11 is 0. The summed E-state index contributed by atoms with van der Waals surface area (Å²) in [6.07, 6.45) is 4.24. The van der Waals surface area contributed by atoms with Crippen LogP contribution in [0.5, 0.6) is 11.5 Å². The van der Waals surface area contributed by atoms with E-state index >= 15 is 0 Å². The summed E-state index contributed by atoms with van der Waals surface area (Å²) in [6.45, 7) is 5.95. The Hall–Kier alpha value is -3.94. The van der Waals surface area contributed by atoms with Gasteiger partial charge in [0.25, 0.3) is 10.1 Å². The van der Waals surface area contributed by atoms with Crippen molar-refractivity contribution in [3.8, 4) is 22.8 Å². The van der Waals surface area contributed by atoms with E-state index in [-0.39, 0.29) is 34.5 Å². The van der Waals surface area contributed by atoms with E-state index in [2.05, 4.69) is 15.3 Å². The third kappa shape index (κ3) is 8.58. The van der Waals surface area contributed by atoms with Crippen LogP contribution in [0.1, 0.15) is 35.1 Å². The van der Waals surface area contributed by atoms with Gasteiger partial charge in [0.05, 0.1) is 24.3 Å². The number of benzene rings is 3. The molecule has 3 aromatic carbocycles. The molecule has 4 bridgehead atoms. The molecule has 5 rings (SSSR count). The molecule has 4 aromatic rings. The molecule has 2 heterocycles. The van der Waals surface area contributed by atoms with Gasteiger partial charge in [0, 0.05) is 23.1 Å². The lowest BCUT2D eigenvalue weighted by Gasteiger charge is -2.13. The van der Waals surface area contributed by atoms with Crippen molar-refractivity contribution in [1.82, 2.24) is 9.97 Å². The number of hydrogen-bond acceptors (Lipinski definition) is 8. The lowest BCUT2D eigenvalue weighted by Crippen LogP contribution is -2.05. The van der Waals surface area contributed by atoms with Crippen molar-refractivity contribution < 1.29 is 31.2 Å². The SMILES string of the molecule is CS(=N)Cc1cc2cc(c1)OCCCCOc1c(F)cccc1-c1nc(ncc1F)N2.Cc1cc(C)c(S(=O)(=O)O)c(C)c1. The first-order valence-corrected chi connectivity index (χ1v) is 16.9. The topological polar surface area (TPSA) is 134 Å². The fraction of sp³-hybridized carbons (Fsp3) is 0.290. The molecule has 13 heteroatoms. The van der Waals surface area contributed by atoms with Crippen molar-refractivity contribution in [3.05, 3.63) is 88.6 Å².